The first kappa shape index (κ1) is 13.9. The standard InChI is InChI=1S/C13H22N4O2/c1-2-17-12(11(14)9-15-17)13(19)16(7-4-8-18)10-5-3-6-10/h9-10,18H,2-8,14H2,1H3. The van der Waals surface area contributed by atoms with Crippen LogP contribution in [0, 0.1) is 0 Å². The summed E-state index contributed by atoms with van der Waals surface area (Å²) in [6, 6.07) is 0.290. The summed E-state index contributed by atoms with van der Waals surface area (Å²) >= 11 is 0. The van der Waals surface area contributed by atoms with Crippen molar-refractivity contribution in [3.63, 3.8) is 0 Å². The number of anilines is 1. The molecule has 1 aliphatic carbocycles. The number of nitrogens with zero attached hydrogens (tertiary/aromatic N) is 3. The minimum absolute atomic E-state index is 0.0602. The third kappa shape index (κ3) is 2.73. The smallest absolute Gasteiger partial charge is 0.274 e. The van der Waals surface area contributed by atoms with Crippen LogP contribution in [0.1, 0.15) is 43.1 Å². The fourth-order valence-corrected chi connectivity index (χ4v) is 2.40. The first-order valence-electron chi connectivity index (χ1n) is 6.92. The number of nitrogens with two attached hydrogens (primary N) is 1. The van der Waals surface area contributed by atoms with E-state index in [0.717, 1.165) is 19.3 Å². The highest BCUT2D eigenvalue weighted by atomic mass is 16.3. The highest BCUT2D eigenvalue weighted by Crippen LogP contribution is 2.27. The van der Waals surface area contributed by atoms with Crippen molar-refractivity contribution in [3.8, 4) is 0 Å². The summed E-state index contributed by atoms with van der Waals surface area (Å²) in [5, 5.41) is 13.1. The predicted molar refractivity (Wildman–Crippen MR) is 72.7 cm³/mol. The topological polar surface area (TPSA) is 84.4 Å². The van der Waals surface area contributed by atoms with Crippen molar-refractivity contribution in [3.05, 3.63) is 11.9 Å². The van der Waals surface area contributed by atoms with Crippen LogP contribution in [-0.2, 0) is 6.54 Å². The van der Waals surface area contributed by atoms with E-state index in [1.54, 1.807) is 4.68 Å². The van der Waals surface area contributed by atoms with E-state index in [1.807, 2.05) is 11.8 Å². The molecule has 1 fully saturated rings. The monoisotopic (exact) mass is 266 g/mol. The maximum Gasteiger partial charge on any atom is 0.274 e. The fraction of sp³-hybridized carbons (Fsp3) is 0.692. The number of carbonyl (C=O) groups excluding carboxylic acids is 1. The number of hydrogen-bond acceptors (Lipinski definition) is 4. The van der Waals surface area contributed by atoms with Crippen LogP contribution in [0.15, 0.2) is 6.20 Å². The Bertz CT molecular complexity index is 440. The maximum atomic E-state index is 12.7. The summed E-state index contributed by atoms with van der Waals surface area (Å²) in [7, 11) is 0. The normalized spacial score (nSPS) is 15.3. The number of aliphatic hydroxyl groups excluding tert-OH is 1. The molecule has 19 heavy (non-hydrogen) atoms. The van der Waals surface area contributed by atoms with Crippen LogP contribution >= 0.6 is 0 Å². The molecule has 0 spiro atoms. The van der Waals surface area contributed by atoms with Crippen molar-refractivity contribution in [1.82, 2.24) is 14.7 Å². The van der Waals surface area contributed by atoms with Gasteiger partial charge in [0.25, 0.3) is 5.91 Å². The molecule has 0 aliphatic heterocycles. The van der Waals surface area contributed by atoms with Gasteiger partial charge < -0.3 is 15.7 Å². The summed E-state index contributed by atoms with van der Waals surface area (Å²) in [4.78, 5) is 14.5. The minimum Gasteiger partial charge on any atom is -0.396 e. The van der Waals surface area contributed by atoms with Gasteiger partial charge in [-0.15, -0.1) is 0 Å². The summed E-state index contributed by atoms with van der Waals surface area (Å²) in [5.41, 5.74) is 6.77. The Labute approximate surface area is 113 Å². The highest BCUT2D eigenvalue weighted by molar-refractivity contribution is 5.97. The van der Waals surface area contributed by atoms with Gasteiger partial charge >= 0.3 is 0 Å². The molecule has 0 saturated heterocycles. The molecule has 6 heteroatoms. The van der Waals surface area contributed by atoms with Crippen LogP contribution in [0.5, 0.6) is 0 Å². The average molecular weight is 266 g/mol. The Morgan fingerprint density at radius 2 is 2.37 bits per heavy atom. The first-order valence-corrected chi connectivity index (χ1v) is 6.92. The van der Waals surface area contributed by atoms with Gasteiger partial charge in [0.15, 0.2) is 0 Å². The van der Waals surface area contributed by atoms with Crippen LogP contribution in [0.2, 0.25) is 0 Å². The lowest BCUT2D eigenvalue weighted by atomic mass is 9.91. The third-order valence-corrected chi connectivity index (χ3v) is 3.70. The average Bonchev–Trinajstić information content (AvgIpc) is 2.72. The maximum absolute atomic E-state index is 12.7. The molecule has 2 rings (SSSR count). The van der Waals surface area contributed by atoms with Crippen molar-refractivity contribution in [1.29, 1.82) is 0 Å². The van der Waals surface area contributed by atoms with E-state index in [0.29, 0.717) is 36.9 Å². The molecule has 3 N–H and O–H groups in total. The van der Waals surface area contributed by atoms with E-state index >= 15 is 0 Å². The van der Waals surface area contributed by atoms with Gasteiger partial charge in [0, 0.05) is 25.7 Å². The zero-order chi connectivity index (χ0) is 13.8. The molecule has 1 heterocycles. The van der Waals surface area contributed by atoms with Crippen LogP contribution in [0.3, 0.4) is 0 Å². The quantitative estimate of drug-likeness (QED) is 0.800. The van der Waals surface area contributed by atoms with Gasteiger partial charge in [-0.05, 0) is 32.6 Å². The number of amides is 1. The molecule has 1 aromatic rings. The molecule has 0 atom stereocenters. The second-order valence-electron chi connectivity index (χ2n) is 4.92. The number of hydrogen-bond donors (Lipinski definition) is 2. The second-order valence-corrected chi connectivity index (χ2v) is 4.92. The Morgan fingerprint density at radius 1 is 1.63 bits per heavy atom. The summed E-state index contributed by atoms with van der Waals surface area (Å²) in [6.45, 7) is 3.23. The van der Waals surface area contributed by atoms with E-state index < -0.39 is 0 Å². The molecule has 1 aliphatic rings. The Hall–Kier alpha value is -1.56. The Morgan fingerprint density at radius 3 is 2.89 bits per heavy atom. The summed E-state index contributed by atoms with van der Waals surface area (Å²) in [6.07, 6.45) is 5.37. The van der Waals surface area contributed by atoms with Crippen LogP contribution in [0.4, 0.5) is 5.69 Å². The van der Waals surface area contributed by atoms with Crippen LogP contribution in [-0.4, -0.2) is 44.9 Å². The van der Waals surface area contributed by atoms with Gasteiger partial charge in [0.2, 0.25) is 0 Å². The molecular formula is C13H22N4O2. The van der Waals surface area contributed by atoms with Gasteiger partial charge in [-0.25, -0.2) is 0 Å². The summed E-state index contributed by atoms with van der Waals surface area (Å²) in [5.74, 6) is -0.0602. The predicted octanol–water partition coefficient (Wildman–Crippen LogP) is 0.862. The molecule has 0 radical (unpaired) electrons. The number of aromatic nitrogens is 2. The lowest BCUT2D eigenvalue weighted by molar-refractivity contribution is 0.0551. The van der Waals surface area contributed by atoms with Crippen molar-refractivity contribution in [2.45, 2.75) is 45.2 Å². The van der Waals surface area contributed by atoms with E-state index in [9.17, 15) is 4.79 Å². The number of carbonyl (C=O) groups is 1. The van der Waals surface area contributed by atoms with Crippen LogP contribution < -0.4 is 5.73 Å². The summed E-state index contributed by atoms with van der Waals surface area (Å²) < 4.78 is 1.64. The van der Waals surface area contributed by atoms with Crippen molar-refractivity contribution < 1.29 is 9.90 Å². The van der Waals surface area contributed by atoms with Crippen LogP contribution in [0.25, 0.3) is 0 Å². The second kappa shape index (κ2) is 6.06. The van der Waals surface area contributed by atoms with Gasteiger partial charge in [-0.3, -0.25) is 9.48 Å². The van der Waals surface area contributed by atoms with Crippen molar-refractivity contribution in [2.75, 3.05) is 18.9 Å². The Kier molecular flexibility index (Phi) is 4.42. The highest BCUT2D eigenvalue weighted by Gasteiger charge is 2.31. The van der Waals surface area contributed by atoms with Crippen molar-refractivity contribution in [2.24, 2.45) is 0 Å². The fourth-order valence-electron chi connectivity index (χ4n) is 2.40. The number of rotatable bonds is 6. The molecule has 0 unspecified atom stereocenters. The lowest BCUT2D eigenvalue weighted by Gasteiger charge is -2.37. The van der Waals surface area contributed by atoms with Crippen molar-refractivity contribution >= 4 is 11.6 Å². The van der Waals surface area contributed by atoms with Gasteiger partial charge in [-0.2, -0.15) is 5.10 Å². The molecular weight excluding hydrogens is 244 g/mol. The molecule has 1 amide bonds. The molecule has 1 saturated carbocycles. The SMILES string of the molecule is CCn1ncc(N)c1C(=O)N(CCCO)C1CCC1. The molecule has 0 bridgehead atoms. The lowest BCUT2D eigenvalue weighted by Crippen LogP contribution is -2.45. The van der Waals surface area contributed by atoms with E-state index in [2.05, 4.69) is 5.10 Å². The number of aliphatic hydroxyl groups is 1. The van der Waals surface area contributed by atoms with E-state index in [4.69, 9.17) is 10.8 Å². The van der Waals surface area contributed by atoms with Gasteiger partial charge in [0.05, 0.1) is 11.9 Å². The third-order valence-electron chi connectivity index (χ3n) is 3.70. The number of aryl methyl sites for hydroxylation is 1. The van der Waals surface area contributed by atoms with E-state index in [-0.39, 0.29) is 12.5 Å². The zero-order valence-electron chi connectivity index (χ0n) is 11.4. The molecule has 106 valence electrons. The number of nitrogen functional groups attached to an aromatic ring is 1. The largest absolute Gasteiger partial charge is 0.396 e. The first-order chi connectivity index (χ1) is 9.19. The molecule has 6 nitrogen and oxygen atoms in total. The van der Waals surface area contributed by atoms with Gasteiger partial charge in [0.1, 0.15) is 5.69 Å². The van der Waals surface area contributed by atoms with Gasteiger partial charge in [-0.1, -0.05) is 0 Å². The Balaban J connectivity index is 2.19. The van der Waals surface area contributed by atoms with E-state index in [1.165, 1.54) is 6.20 Å². The minimum atomic E-state index is -0.0602. The zero-order valence-corrected chi connectivity index (χ0v) is 11.4. The molecule has 0 aromatic carbocycles. The molecule has 1 aromatic heterocycles.